The van der Waals surface area contributed by atoms with Crippen LogP contribution in [-0.4, -0.2) is 36.4 Å². The Hall–Kier alpha value is -1.56. The van der Waals surface area contributed by atoms with Gasteiger partial charge in [0.15, 0.2) is 0 Å². The molecule has 3 heterocycles. The monoisotopic (exact) mass is 374 g/mol. The van der Waals surface area contributed by atoms with Crippen LogP contribution in [0, 0.1) is 6.92 Å². The maximum Gasteiger partial charge on any atom is 0.139 e. The normalized spacial score (nSPS) is 19.6. The van der Waals surface area contributed by atoms with Crippen LogP contribution < -0.4 is 10.6 Å². The van der Waals surface area contributed by atoms with Crippen molar-refractivity contribution < 1.29 is 0 Å². The van der Waals surface area contributed by atoms with E-state index in [1.807, 2.05) is 18.2 Å². The van der Waals surface area contributed by atoms with Crippen molar-refractivity contribution in [3.8, 4) is 0 Å². The fourth-order valence-corrected chi connectivity index (χ4v) is 4.67. The first-order chi connectivity index (χ1) is 12.1. The van der Waals surface area contributed by atoms with E-state index in [9.17, 15) is 0 Å². The van der Waals surface area contributed by atoms with Crippen LogP contribution in [0.25, 0.3) is 0 Å². The van der Waals surface area contributed by atoms with Gasteiger partial charge in [-0.15, -0.1) is 11.3 Å². The van der Waals surface area contributed by atoms with E-state index in [-0.39, 0.29) is 0 Å². The van der Waals surface area contributed by atoms with E-state index in [2.05, 4.69) is 35.4 Å². The molecule has 1 fully saturated rings. The Kier molecular flexibility index (Phi) is 4.71. The van der Waals surface area contributed by atoms with Gasteiger partial charge in [0.25, 0.3) is 0 Å². The molecule has 0 saturated carbocycles. The molecule has 0 aliphatic carbocycles. The van der Waals surface area contributed by atoms with Crippen LogP contribution >= 0.6 is 22.9 Å². The predicted octanol–water partition coefficient (Wildman–Crippen LogP) is 4.92. The van der Waals surface area contributed by atoms with Gasteiger partial charge in [-0.05, 0) is 37.6 Å². The summed E-state index contributed by atoms with van der Waals surface area (Å²) in [5, 5.41) is 9.06. The van der Waals surface area contributed by atoms with Crippen LogP contribution in [-0.2, 0) is 0 Å². The van der Waals surface area contributed by atoms with E-state index >= 15 is 0 Å². The number of nitrogens with zero attached hydrogens (tertiary/aromatic N) is 2. The number of fused-ring (bicyclic) bond motifs is 2. The number of amidine groups is 1. The Morgan fingerprint density at radius 2 is 2.24 bits per heavy atom. The summed E-state index contributed by atoms with van der Waals surface area (Å²) in [5.74, 6) is 1.08. The summed E-state index contributed by atoms with van der Waals surface area (Å²) in [5.41, 5.74) is 3.13. The van der Waals surface area contributed by atoms with Crippen molar-refractivity contribution in [2.75, 3.05) is 25.0 Å². The zero-order valence-corrected chi connectivity index (χ0v) is 16.2. The van der Waals surface area contributed by atoms with E-state index in [0.717, 1.165) is 46.9 Å². The maximum absolute atomic E-state index is 6.20. The second-order valence-electron chi connectivity index (χ2n) is 6.71. The van der Waals surface area contributed by atoms with Gasteiger partial charge in [-0.25, -0.2) is 4.99 Å². The van der Waals surface area contributed by atoms with Gasteiger partial charge in [0.05, 0.1) is 16.9 Å². The highest BCUT2D eigenvalue weighted by Crippen LogP contribution is 2.40. The SMILES string of the molecule is CCC[C@H]1CN(C2=Nc3ccc(Cl)cc3Nc3sc(C)cc32)CCN1. The third kappa shape index (κ3) is 3.41. The van der Waals surface area contributed by atoms with Gasteiger partial charge in [-0.1, -0.05) is 24.9 Å². The molecule has 2 aliphatic heterocycles. The first-order valence-corrected chi connectivity index (χ1v) is 10.1. The highest BCUT2D eigenvalue weighted by Gasteiger charge is 2.27. The Balaban J connectivity index is 1.76. The number of nitrogens with one attached hydrogen (secondary N) is 2. The number of hydrogen-bond donors (Lipinski definition) is 2. The second-order valence-corrected chi connectivity index (χ2v) is 8.40. The molecule has 0 unspecified atom stereocenters. The fraction of sp³-hybridized carbons (Fsp3) is 0.421. The largest absolute Gasteiger partial charge is 0.353 e. The zero-order valence-electron chi connectivity index (χ0n) is 14.6. The molecular weight excluding hydrogens is 352 g/mol. The minimum Gasteiger partial charge on any atom is -0.353 e. The average Bonchev–Trinajstić information content (AvgIpc) is 2.88. The van der Waals surface area contributed by atoms with Crippen molar-refractivity contribution in [3.05, 3.63) is 39.7 Å². The number of halogens is 1. The Bertz CT molecular complexity index is 812. The quantitative estimate of drug-likeness (QED) is 0.783. The molecule has 0 amide bonds. The lowest BCUT2D eigenvalue weighted by molar-refractivity contribution is 0.281. The van der Waals surface area contributed by atoms with Crippen LogP contribution in [0.2, 0.25) is 5.02 Å². The molecule has 1 aromatic heterocycles. The van der Waals surface area contributed by atoms with E-state index in [1.54, 1.807) is 11.3 Å². The minimum absolute atomic E-state index is 0.533. The molecule has 1 atom stereocenters. The summed E-state index contributed by atoms with van der Waals surface area (Å²) in [6.45, 7) is 7.38. The van der Waals surface area contributed by atoms with Gasteiger partial charge in [0.2, 0.25) is 0 Å². The van der Waals surface area contributed by atoms with Gasteiger partial charge in [0.1, 0.15) is 10.8 Å². The third-order valence-corrected chi connectivity index (χ3v) is 5.92. The smallest absolute Gasteiger partial charge is 0.139 e. The molecule has 1 saturated heterocycles. The van der Waals surface area contributed by atoms with E-state index in [0.29, 0.717) is 6.04 Å². The fourth-order valence-electron chi connectivity index (χ4n) is 3.58. The molecule has 0 radical (unpaired) electrons. The van der Waals surface area contributed by atoms with Gasteiger partial charge in [-0.2, -0.15) is 0 Å². The molecule has 132 valence electrons. The average molecular weight is 375 g/mol. The van der Waals surface area contributed by atoms with E-state index in [4.69, 9.17) is 16.6 Å². The highest BCUT2D eigenvalue weighted by molar-refractivity contribution is 7.16. The summed E-state index contributed by atoms with van der Waals surface area (Å²) < 4.78 is 0. The van der Waals surface area contributed by atoms with Gasteiger partial charge < -0.3 is 15.5 Å². The first kappa shape index (κ1) is 16.9. The van der Waals surface area contributed by atoms with Crippen molar-refractivity contribution >= 4 is 45.1 Å². The van der Waals surface area contributed by atoms with Gasteiger partial charge >= 0.3 is 0 Å². The molecule has 4 rings (SSSR count). The molecule has 6 heteroatoms. The van der Waals surface area contributed by atoms with Crippen LogP contribution in [0.1, 0.15) is 30.2 Å². The molecule has 1 aromatic carbocycles. The molecule has 0 bridgehead atoms. The number of aryl methyl sites for hydroxylation is 1. The number of anilines is 2. The van der Waals surface area contributed by atoms with Crippen molar-refractivity contribution in [2.24, 2.45) is 4.99 Å². The predicted molar refractivity (Wildman–Crippen MR) is 108 cm³/mol. The number of rotatable bonds is 2. The van der Waals surface area contributed by atoms with Crippen molar-refractivity contribution in [3.63, 3.8) is 0 Å². The van der Waals surface area contributed by atoms with Crippen molar-refractivity contribution in [1.29, 1.82) is 0 Å². The molecule has 25 heavy (non-hydrogen) atoms. The van der Waals surface area contributed by atoms with Crippen molar-refractivity contribution in [2.45, 2.75) is 32.7 Å². The summed E-state index contributed by atoms with van der Waals surface area (Å²) in [7, 11) is 0. The molecule has 2 aromatic rings. The topological polar surface area (TPSA) is 39.7 Å². The number of aliphatic imine (C=N–C) groups is 1. The minimum atomic E-state index is 0.533. The number of benzene rings is 1. The molecule has 2 aliphatic rings. The molecule has 0 spiro atoms. The van der Waals surface area contributed by atoms with E-state index in [1.165, 1.54) is 23.3 Å². The van der Waals surface area contributed by atoms with Crippen LogP contribution in [0.15, 0.2) is 29.3 Å². The summed E-state index contributed by atoms with van der Waals surface area (Å²) in [4.78, 5) is 8.78. The van der Waals surface area contributed by atoms with E-state index < -0.39 is 0 Å². The second kappa shape index (κ2) is 6.98. The van der Waals surface area contributed by atoms with Gasteiger partial charge in [-0.3, -0.25) is 0 Å². The van der Waals surface area contributed by atoms with Crippen LogP contribution in [0.4, 0.5) is 16.4 Å². The Morgan fingerprint density at radius 3 is 3.08 bits per heavy atom. The molecular formula is C19H23ClN4S. The number of piperazine rings is 1. The summed E-state index contributed by atoms with van der Waals surface area (Å²) in [6, 6.07) is 8.65. The number of hydrogen-bond acceptors (Lipinski definition) is 5. The lowest BCUT2D eigenvalue weighted by Gasteiger charge is -2.35. The summed E-state index contributed by atoms with van der Waals surface area (Å²) >= 11 is 7.97. The van der Waals surface area contributed by atoms with Crippen LogP contribution in [0.5, 0.6) is 0 Å². The maximum atomic E-state index is 6.20. The standard InChI is InChI=1S/C19H23ClN4S/c1-3-4-14-11-24(8-7-21-14)18-15-9-12(2)25-19(15)23-17-10-13(20)5-6-16(17)22-18/h5-6,9-10,14,21,23H,3-4,7-8,11H2,1-2H3/t14-/m0/s1. The van der Waals surface area contributed by atoms with Gasteiger partial charge in [0, 0.05) is 35.6 Å². The lowest BCUT2D eigenvalue weighted by Crippen LogP contribution is -2.52. The lowest BCUT2D eigenvalue weighted by atomic mass is 10.1. The third-order valence-electron chi connectivity index (χ3n) is 4.72. The first-order valence-electron chi connectivity index (χ1n) is 8.88. The zero-order chi connectivity index (χ0) is 17.4. The summed E-state index contributed by atoms with van der Waals surface area (Å²) in [6.07, 6.45) is 2.40. The van der Waals surface area contributed by atoms with Crippen LogP contribution in [0.3, 0.4) is 0 Å². The Morgan fingerprint density at radius 1 is 1.36 bits per heavy atom. The molecule has 2 N–H and O–H groups in total. The molecule has 4 nitrogen and oxygen atoms in total. The van der Waals surface area contributed by atoms with Crippen molar-refractivity contribution in [1.82, 2.24) is 10.2 Å². The highest BCUT2D eigenvalue weighted by atomic mass is 35.5. The number of thiophene rings is 1. The Labute approximate surface area is 157 Å².